The van der Waals surface area contributed by atoms with Crippen molar-refractivity contribution in [2.75, 3.05) is 128 Å². The molecule has 0 amide bonds. The number of hydrogen-bond acceptors (Lipinski definition) is 9. The first kappa shape index (κ1) is 32.1. The van der Waals surface area contributed by atoms with Crippen molar-refractivity contribution in [1.82, 2.24) is 0 Å². The van der Waals surface area contributed by atoms with Gasteiger partial charge in [0.05, 0.1) is 119 Å². The summed E-state index contributed by atoms with van der Waals surface area (Å²) in [6.07, 6.45) is 0. The molecule has 0 rings (SSSR count). The minimum atomic E-state index is 0.541. The molecular formula is C20H40I2O9. The Balaban J connectivity index is 2.98. The molecule has 0 heterocycles. The summed E-state index contributed by atoms with van der Waals surface area (Å²) in [5.74, 6) is 0. The highest BCUT2D eigenvalue weighted by molar-refractivity contribution is 14.1. The van der Waals surface area contributed by atoms with Crippen molar-refractivity contribution in [1.29, 1.82) is 0 Å². The SMILES string of the molecule is ICCOCCOCCOCCOCCOCCOCCOCCOCCOCCI. The summed E-state index contributed by atoms with van der Waals surface area (Å²) in [5.41, 5.74) is 0. The van der Waals surface area contributed by atoms with Crippen molar-refractivity contribution in [3.05, 3.63) is 0 Å². The predicted molar refractivity (Wildman–Crippen MR) is 135 cm³/mol. The summed E-state index contributed by atoms with van der Waals surface area (Å²) < 4.78 is 50.5. The second-order valence-corrected chi connectivity index (χ2v) is 8.05. The number of rotatable bonds is 28. The van der Waals surface area contributed by atoms with E-state index in [2.05, 4.69) is 45.2 Å². The topological polar surface area (TPSA) is 83.1 Å². The van der Waals surface area contributed by atoms with E-state index >= 15 is 0 Å². The molecule has 0 unspecified atom stereocenters. The third-order valence-corrected chi connectivity index (χ3v) is 4.30. The fraction of sp³-hybridized carbons (Fsp3) is 1.00. The van der Waals surface area contributed by atoms with Crippen LogP contribution in [0.3, 0.4) is 0 Å². The lowest BCUT2D eigenvalue weighted by atomic mass is 10.6. The van der Waals surface area contributed by atoms with Crippen LogP contribution in [0.4, 0.5) is 0 Å². The van der Waals surface area contributed by atoms with Crippen LogP contribution in [0.5, 0.6) is 0 Å². The lowest BCUT2D eigenvalue weighted by molar-refractivity contribution is -0.0245. The Bertz CT molecular complexity index is 290. The van der Waals surface area contributed by atoms with Crippen LogP contribution >= 0.6 is 45.2 Å². The maximum absolute atomic E-state index is 5.44. The fourth-order valence-corrected chi connectivity index (χ4v) is 2.59. The Labute approximate surface area is 214 Å². The van der Waals surface area contributed by atoms with Gasteiger partial charge in [-0.1, -0.05) is 45.2 Å². The van der Waals surface area contributed by atoms with E-state index < -0.39 is 0 Å². The molecule has 0 aromatic heterocycles. The van der Waals surface area contributed by atoms with Crippen molar-refractivity contribution in [2.24, 2.45) is 0 Å². The maximum Gasteiger partial charge on any atom is 0.0701 e. The van der Waals surface area contributed by atoms with Crippen LogP contribution in [0.2, 0.25) is 0 Å². The maximum atomic E-state index is 5.44. The van der Waals surface area contributed by atoms with Gasteiger partial charge in [-0.2, -0.15) is 0 Å². The summed E-state index contributed by atoms with van der Waals surface area (Å²) in [4.78, 5) is 0. The van der Waals surface area contributed by atoms with Gasteiger partial charge in [-0.15, -0.1) is 0 Å². The molecule has 0 N–H and O–H groups in total. The van der Waals surface area contributed by atoms with E-state index in [-0.39, 0.29) is 0 Å². The zero-order chi connectivity index (χ0) is 22.5. The molecule has 0 radical (unpaired) electrons. The van der Waals surface area contributed by atoms with Crippen LogP contribution in [0, 0.1) is 0 Å². The van der Waals surface area contributed by atoms with E-state index in [9.17, 15) is 0 Å². The molecule has 0 aromatic rings. The zero-order valence-electron chi connectivity index (χ0n) is 18.6. The highest BCUT2D eigenvalue weighted by Crippen LogP contribution is 1.87. The van der Waals surface area contributed by atoms with E-state index in [4.69, 9.17) is 42.6 Å². The molecular weight excluding hydrogens is 638 g/mol. The Hall–Kier alpha value is 1.10. The monoisotopic (exact) mass is 678 g/mol. The van der Waals surface area contributed by atoms with Crippen molar-refractivity contribution >= 4 is 45.2 Å². The first-order valence-corrected chi connectivity index (χ1v) is 13.8. The molecule has 0 saturated heterocycles. The lowest BCUT2D eigenvalue weighted by Gasteiger charge is -2.08. The first-order chi connectivity index (χ1) is 15.4. The van der Waals surface area contributed by atoms with Crippen molar-refractivity contribution in [3.63, 3.8) is 0 Å². The first-order valence-electron chi connectivity index (χ1n) is 10.7. The average Bonchev–Trinajstić information content (AvgIpc) is 2.78. The van der Waals surface area contributed by atoms with Gasteiger partial charge in [0.15, 0.2) is 0 Å². The van der Waals surface area contributed by atoms with Gasteiger partial charge < -0.3 is 42.6 Å². The van der Waals surface area contributed by atoms with Crippen LogP contribution < -0.4 is 0 Å². The van der Waals surface area contributed by atoms with Crippen molar-refractivity contribution in [2.45, 2.75) is 0 Å². The molecule has 0 spiro atoms. The summed E-state index contributed by atoms with van der Waals surface area (Å²) >= 11 is 4.56. The molecule has 0 aliphatic carbocycles. The Morgan fingerprint density at radius 3 is 0.484 bits per heavy atom. The second kappa shape index (κ2) is 31.1. The number of alkyl halides is 2. The summed E-state index contributed by atoms with van der Waals surface area (Å²) in [6, 6.07) is 0. The normalized spacial score (nSPS) is 11.4. The predicted octanol–water partition coefficient (Wildman–Crippen LogP) is 2.01. The standard InChI is InChI=1S/C20H40I2O9/c21-1-3-23-5-7-25-9-11-27-13-15-29-17-19-31-20-18-30-16-14-28-12-10-26-8-6-24-4-2-22/h1-20H2. The molecule has 0 bridgehead atoms. The molecule has 0 aliphatic rings. The summed E-state index contributed by atoms with van der Waals surface area (Å²) in [5, 5.41) is 0. The quantitative estimate of drug-likeness (QED) is 0.0702. The van der Waals surface area contributed by atoms with Crippen LogP contribution in [-0.2, 0) is 42.6 Å². The molecule has 0 saturated carbocycles. The van der Waals surface area contributed by atoms with Gasteiger partial charge >= 0.3 is 0 Å². The molecule has 0 atom stereocenters. The molecule has 0 aliphatic heterocycles. The van der Waals surface area contributed by atoms with E-state index in [1.54, 1.807) is 0 Å². The van der Waals surface area contributed by atoms with E-state index in [0.717, 1.165) is 22.1 Å². The lowest BCUT2D eigenvalue weighted by Crippen LogP contribution is -2.15. The smallest absolute Gasteiger partial charge is 0.0701 e. The molecule has 11 heteroatoms. The number of ether oxygens (including phenoxy) is 9. The van der Waals surface area contributed by atoms with Gasteiger partial charge in [-0.05, 0) is 0 Å². The highest BCUT2D eigenvalue weighted by atomic mass is 127. The number of hydrogen-bond donors (Lipinski definition) is 0. The Morgan fingerprint density at radius 1 is 0.226 bits per heavy atom. The minimum Gasteiger partial charge on any atom is -0.378 e. The third kappa shape index (κ3) is 31.1. The highest BCUT2D eigenvalue weighted by Gasteiger charge is 1.95. The largest absolute Gasteiger partial charge is 0.378 e. The van der Waals surface area contributed by atoms with Crippen LogP contribution in [0.15, 0.2) is 0 Å². The van der Waals surface area contributed by atoms with Gasteiger partial charge in [0.25, 0.3) is 0 Å². The molecule has 31 heavy (non-hydrogen) atoms. The third-order valence-electron chi connectivity index (χ3n) is 3.42. The summed E-state index contributed by atoms with van der Waals surface area (Å²) in [6.45, 7) is 10.7. The van der Waals surface area contributed by atoms with E-state index in [1.807, 2.05) is 0 Å². The molecule has 9 nitrogen and oxygen atoms in total. The van der Waals surface area contributed by atoms with E-state index in [0.29, 0.717) is 106 Å². The van der Waals surface area contributed by atoms with Gasteiger partial charge in [-0.25, -0.2) is 0 Å². The second-order valence-electron chi connectivity index (χ2n) is 5.89. The molecule has 0 fully saturated rings. The van der Waals surface area contributed by atoms with Gasteiger partial charge in [0, 0.05) is 8.86 Å². The number of halogens is 2. The van der Waals surface area contributed by atoms with Crippen LogP contribution in [-0.4, -0.2) is 128 Å². The van der Waals surface area contributed by atoms with Crippen molar-refractivity contribution in [3.8, 4) is 0 Å². The van der Waals surface area contributed by atoms with E-state index in [1.165, 1.54) is 0 Å². The summed E-state index contributed by atoms with van der Waals surface area (Å²) in [7, 11) is 0. The Kier molecular flexibility index (Phi) is 32.2. The van der Waals surface area contributed by atoms with Crippen LogP contribution in [0.25, 0.3) is 0 Å². The fourth-order valence-electron chi connectivity index (χ4n) is 1.97. The zero-order valence-corrected chi connectivity index (χ0v) is 22.9. The van der Waals surface area contributed by atoms with Crippen molar-refractivity contribution < 1.29 is 42.6 Å². The van der Waals surface area contributed by atoms with Gasteiger partial charge in [-0.3, -0.25) is 0 Å². The minimum absolute atomic E-state index is 0.541. The van der Waals surface area contributed by atoms with Gasteiger partial charge in [0.2, 0.25) is 0 Å². The average molecular weight is 678 g/mol. The Morgan fingerprint density at radius 2 is 0.355 bits per heavy atom. The molecule has 0 aromatic carbocycles. The molecule has 188 valence electrons. The van der Waals surface area contributed by atoms with Gasteiger partial charge in [0.1, 0.15) is 0 Å². The van der Waals surface area contributed by atoms with Crippen LogP contribution in [0.1, 0.15) is 0 Å².